The Labute approximate surface area is 292 Å². The van der Waals surface area contributed by atoms with Crippen LogP contribution in [0.1, 0.15) is 5.69 Å². The van der Waals surface area contributed by atoms with Crippen molar-refractivity contribution in [2.75, 3.05) is 0 Å². The fourth-order valence-corrected chi connectivity index (χ4v) is 9.96. The molecule has 47 heavy (non-hydrogen) atoms. The number of benzene rings is 5. The molecule has 0 fully saturated rings. The molecule has 4 heteroatoms. The largest absolute Gasteiger partial charge is 0.305 e. The van der Waals surface area contributed by atoms with E-state index in [2.05, 4.69) is 114 Å². The molecule has 0 saturated carbocycles. The predicted molar refractivity (Wildman–Crippen MR) is 195 cm³/mol. The van der Waals surface area contributed by atoms with Crippen molar-refractivity contribution in [1.82, 2.24) is 9.97 Å². The van der Waals surface area contributed by atoms with Crippen LogP contribution in [0.15, 0.2) is 152 Å². The predicted octanol–water partition coefficient (Wildman–Crippen LogP) is 9.54. The molecule has 0 unspecified atom stereocenters. The van der Waals surface area contributed by atoms with Gasteiger partial charge >= 0.3 is 0 Å². The van der Waals surface area contributed by atoms with Gasteiger partial charge < -0.3 is 9.97 Å². The molecule has 0 bridgehead atoms. The maximum atomic E-state index is 4.47. The van der Waals surface area contributed by atoms with Crippen molar-refractivity contribution in [2.45, 2.75) is 20.0 Å². The van der Waals surface area contributed by atoms with Gasteiger partial charge in [-0.05, 0) is 68.6 Å². The van der Waals surface area contributed by atoms with Gasteiger partial charge in [0.15, 0.2) is 0 Å². The Bertz CT molecular complexity index is 2120. The molecule has 3 heterocycles. The maximum absolute atomic E-state index is 4.47. The molecule has 0 N–H and O–H groups in total. The first-order chi connectivity index (χ1) is 22.5. The topological polar surface area (TPSA) is 25.8 Å². The molecule has 2 nitrogen and oxygen atoms in total. The van der Waals surface area contributed by atoms with E-state index in [4.69, 9.17) is 0 Å². The van der Waals surface area contributed by atoms with Gasteiger partial charge in [0, 0.05) is 32.0 Å². The van der Waals surface area contributed by atoms with Gasteiger partial charge in [-0.2, -0.15) is 0 Å². The second-order valence-corrected chi connectivity index (χ2v) is 16.4. The number of hydrogen-bond donors (Lipinski definition) is 0. The van der Waals surface area contributed by atoms with E-state index in [1.807, 2.05) is 79.9 Å². The Morgan fingerprint density at radius 3 is 1.98 bits per heavy atom. The first kappa shape index (κ1) is 32.2. The van der Waals surface area contributed by atoms with Crippen molar-refractivity contribution in [1.29, 1.82) is 0 Å². The first-order valence-electron chi connectivity index (χ1n) is 15.7. The fraction of sp³-hybridized carbons (Fsp3) is 0.0698. The molecule has 2 aromatic heterocycles. The Morgan fingerprint density at radius 1 is 0.532 bits per heavy atom. The van der Waals surface area contributed by atoms with Gasteiger partial charge in [-0.25, -0.2) is 0 Å². The van der Waals surface area contributed by atoms with E-state index in [1.54, 1.807) is 10.4 Å². The molecule has 1 radical (unpaired) electrons. The molecule has 0 atom stereocenters. The van der Waals surface area contributed by atoms with Crippen LogP contribution in [0, 0.1) is 19.1 Å². The number of rotatable bonds is 4. The first-order valence-corrected chi connectivity index (χ1v) is 18.7. The maximum Gasteiger partial charge on any atom is 0.114 e. The van der Waals surface area contributed by atoms with Crippen LogP contribution in [-0.4, -0.2) is 18.0 Å². The van der Waals surface area contributed by atoms with Crippen LogP contribution < -0.4 is 10.4 Å². The summed E-state index contributed by atoms with van der Waals surface area (Å²) < 4.78 is 0. The fourth-order valence-electron chi connectivity index (χ4n) is 6.49. The summed E-state index contributed by atoms with van der Waals surface area (Å²) in [6.07, 6.45) is 1.83. The number of nitrogens with zero attached hydrogens (tertiary/aromatic N) is 2. The molecule has 7 aromatic rings. The summed E-state index contributed by atoms with van der Waals surface area (Å²) in [5, 5.41) is 3.11. The van der Waals surface area contributed by atoms with Crippen LogP contribution >= 0.6 is 0 Å². The normalized spacial score (nSPS) is 12.1. The summed E-state index contributed by atoms with van der Waals surface area (Å²) in [4.78, 5) is 8.89. The molecule has 1 aliphatic heterocycles. The molecule has 5 aromatic carbocycles. The Kier molecular flexibility index (Phi) is 9.56. The average molecular weight is 799 g/mol. The van der Waals surface area contributed by atoms with E-state index < -0.39 is 8.07 Å². The Hall–Kier alpha value is -4.73. The van der Waals surface area contributed by atoms with Crippen LogP contribution in [0.5, 0.6) is 0 Å². The van der Waals surface area contributed by atoms with E-state index in [9.17, 15) is 0 Å². The van der Waals surface area contributed by atoms with Gasteiger partial charge in [0.05, 0.1) is 0 Å². The second-order valence-electron chi connectivity index (χ2n) is 12.1. The number of aromatic nitrogens is 2. The summed E-state index contributed by atoms with van der Waals surface area (Å²) in [5.74, 6) is 0. The monoisotopic (exact) mass is 799 g/mol. The van der Waals surface area contributed by atoms with Gasteiger partial charge in [-0.15, -0.1) is 71.3 Å². The van der Waals surface area contributed by atoms with Crippen molar-refractivity contribution in [3.05, 3.63) is 170 Å². The number of pyridine rings is 2. The van der Waals surface area contributed by atoms with Gasteiger partial charge in [-0.3, -0.25) is 0 Å². The summed E-state index contributed by atoms with van der Waals surface area (Å²) in [5.41, 5.74) is 12.9. The molecule has 1 aliphatic rings. The third-order valence-electron chi connectivity index (χ3n) is 8.73. The summed E-state index contributed by atoms with van der Waals surface area (Å²) in [6.45, 7) is 6.96. The van der Waals surface area contributed by atoms with E-state index in [0.717, 1.165) is 28.2 Å². The molecule has 0 amide bonds. The van der Waals surface area contributed by atoms with Crippen molar-refractivity contribution < 1.29 is 20.1 Å². The van der Waals surface area contributed by atoms with Crippen molar-refractivity contribution in [2.24, 2.45) is 0 Å². The van der Waals surface area contributed by atoms with Crippen molar-refractivity contribution in [3.63, 3.8) is 0 Å². The minimum Gasteiger partial charge on any atom is -0.305 e. The second kappa shape index (κ2) is 13.9. The van der Waals surface area contributed by atoms with Gasteiger partial charge in [0.1, 0.15) is 8.07 Å². The van der Waals surface area contributed by atoms with Crippen LogP contribution in [0.4, 0.5) is 0 Å². The zero-order valence-electron chi connectivity index (χ0n) is 26.7. The number of fused-ring (bicyclic) bond motifs is 3. The zero-order chi connectivity index (χ0) is 31.5. The Morgan fingerprint density at radius 2 is 1.21 bits per heavy atom. The zero-order valence-corrected chi connectivity index (χ0v) is 30.1. The molecule has 0 spiro atoms. The van der Waals surface area contributed by atoms with Crippen LogP contribution in [0.2, 0.25) is 13.1 Å². The molecule has 8 rings (SSSR count). The van der Waals surface area contributed by atoms with E-state index in [-0.39, 0.29) is 20.1 Å². The van der Waals surface area contributed by atoms with Crippen molar-refractivity contribution in [3.8, 4) is 55.9 Å². The van der Waals surface area contributed by atoms with Crippen LogP contribution in [0.3, 0.4) is 0 Å². The number of hydrogen-bond acceptors (Lipinski definition) is 2. The summed E-state index contributed by atoms with van der Waals surface area (Å²) in [7, 11) is -1.74. The quantitative estimate of drug-likeness (QED) is 0.131. The van der Waals surface area contributed by atoms with E-state index >= 15 is 0 Å². The van der Waals surface area contributed by atoms with Gasteiger partial charge in [0.2, 0.25) is 0 Å². The third kappa shape index (κ3) is 6.59. The average Bonchev–Trinajstić information content (AvgIpc) is 3.36. The molecular formula is C43H34IrN2Si-2. The molecule has 231 valence electrons. The van der Waals surface area contributed by atoms with E-state index in [0.29, 0.717) is 0 Å². The standard InChI is InChI=1S/C31H24NSi.C12H10N.Ir/c1-33(2)30-15-4-3-11-27(30)28-13-8-12-26(31(28)33)23-18-16-22(17-19-23)24-9-7-10-25(21-24)29-14-5-6-20-32-29;1-10-6-5-9-12(13-10)11-7-3-2-4-8-11;/h3-9,11-21H,1-2H3;2-7,9H,1H3;/q2*-1;. The Balaban J connectivity index is 0.000000232. The minimum absolute atomic E-state index is 0. The van der Waals surface area contributed by atoms with Gasteiger partial charge in [-0.1, -0.05) is 104 Å². The smallest absolute Gasteiger partial charge is 0.114 e. The molecule has 0 aliphatic carbocycles. The van der Waals surface area contributed by atoms with E-state index in [1.165, 1.54) is 33.4 Å². The summed E-state index contributed by atoms with van der Waals surface area (Å²) >= 11 is 0. The molecule has 0 saturated heterocycles. The summed E-state index contributed by atoms with van der Waals surface area (Å²) in [6, 6.07) is 57.4. The minimum atomic E-state index is -1.74. The van der Waals surface area contributed by atoms with Crippen molar-refractivity contribution >= 4 is 18.4 Å². The van der Waals surface area contributed by atoms with Crippen LogP contribution in [0.25, 0.3) is 55.9 Å². The SMILES string of the molecule is C[Si]1(C)c2ccccc2-c2cccc(-c3ccc(-c4cc[c-]c(-c5ccccn5)c4)cc3)c21.Cc1cccc(-c2[c-]cccc2)n1.[Ir]. The van der Waals surface area contributed by atoms with Crippen LogP contribution in [-0.2, 0) is 20.1 Å². The number of aryl methyl sites for hydroxylation is 1. The van der Waals surface area contributed by atoms with Gasteiger partial charge in [0.25, 0.3) is 0 Å². The third-order valence-corrected chi connectivity index (χ3v) is 12.3. The molecular weight excluding hydrogens is 765 g/mol.